The molecule has 194 valence electrons. The van der Waals surface area contributed by atoms with E-state index in [1.54, 1.807) is 16.6 Å². The number of hydrogen-bond acceptors (Lipinski definition) is 9. The maximum absolute atomic E-state index is 13.4. The SMILES string of the molecule is CCCCS(=O)(=O)NN(NS(=O)(=O)c1ccccc1)S(=O)(=O)c1cc(Cl)c(N=S(=O)=O)c(Cl)c1Cl. The number of rotatable bonds is 11. The van der Waals surface area contributed by atoms with E-state index < -0.39 is 72.0 Å². The first-order valence-electron chi connectivity index (χ1n) is 9.24. The van der Waals surface area contributed by atoms with Crippen molar-refractivity contribution >= 4 is 81.1 Å². The van der Waals surface area contributed by atoms with Gasteiger partial charge in [-0.15, -0.1) is 14.0 Å². The number of hydrazine groups is 2. The molecule has 12 nitrogen and oxygen atoms in total. The van der Waals surface area contributed by atoms with Gasteiger partial charge >= 0.3 is 10.5 Å². The fourth-order valence-electron chi connectivity index (χ4n) is 2.39. The van der Waals surface area contributed by atoms with Gasteiger partial charge < -0.3 is 0 Å². The van der Waals surface area contributed by atoms with Gasteiger partial charge in [-0.2, -0.15) is 8.42 Å². The molecule has 0 fully saturated rings. The van der Waals surface area contributed by atoms with E-state index in [9.17, 15) is 33.7 Å². The number of sulfonamides is 3. The van der Waals surface area contributed by atoms with Crippen molar-refractivity contribution in [2.75, 3.05) is 5.75 Å². The van der Waals surface area contributed by atoms with E-state index in [2.05, 4.69) is 4.36 Å². The lowest BCUT2D eigenvalue weighted by Gasteiger charge is -2.24. The summed E-state index contributed by atoms with van der Waals surface area (Å²) in [6.45, 7) is 1.69. The Morgan fingerprint density at radius 3 is 2.09 bits per heavy atom. The lowest BCUT2D eigenvalue weighted by Crippen LogP contribution is -2.56. The molecule has 0 amide bonds. The monoisotopic (exact) mass is 626 g/mol. The molecule has 0 saturated carbocycles. The highest BCUT2D eigenvalue weighted by Gasteiger charge is 2.36. The molecule has 2 N–H and O–H groups in total. The van der Waals surface area contributed by atoms with Crippen molar-refractivity contribution in [1.29, 1.82) is 0 Å². The van der Waals surface area contributed by atoms with Gasteiger partial charge in [0, 0.05) is 0 Å². The first kappa shape index (κ1) is 29.9. The average Bonchev–Trinajstić information content (AvgIpc) is 2.77. The third-order valence-electron chi connectivity index (χ3n) is 4.03. The summed E-state index contributed by atoms with van der Waals surface area (Å²) < 4.78 is 102. The number of benzene rings is 2. The summed E-state index contributed by atoms with van der Waals surface area (Å²) in [5.41, 5.74) is -0.578. The van der Waals surface area contributed by atoms with Gasteiger partial charge in [0.25, 0.3) is 20.0 Å². The molecule has 19 heteroatoms. The zero-order valence-corrected chi connectivity index (χ0v) is 23.0. The number of nitrogens with zero attached hydrogens (tertiary/aromatic N) is 2. The summed E-state index contributed by atoms with van der Waals surface area (Å²) >= 11 is 17.9. The molecule has 2 aromatic rings. The van der Waals surface area contributed by atoms with Crippen molar-refractivity contribution in [3.05, 3.63) is 51.5 Å². The van der Waals surface area contributed by atoms with Gasteiger partial charge in [0.05, 0.1) is 25.7 Å². The van der Waals surface area contributed by atoms with Crippen LogP contribution < -0.4 is 9.66 Å². The zero-order valence-electron chi connectivity index (χ0n) is 17.5. The number of unbranched alkanes of at least 4 members (excludes halogenated alkanes) is 1. The molecule has 0 aliphatic heterocycles. The number of hydrogen-bond donors (Lipinski definition) is 2. The van der Waals surface area contributed by atoms with Crippen molar-refractivity contribution in [2.24, 2.45) is 4.36 Å². The van der Waals surface area contributed by atoms with Crippen molar-refractivity contribution in [1.82, 2.24) is 14.2 Å². The Morgan fingerprint density at radius 1 is 0.943 bits per heavy atom. The smallest absolute Gasteiger partial charge is 0.211 e. The Labute approximate surface area is 219 Å². The third-order valence-corrected chi connectivity index (χ3v) is 9.99. The summed E-state index contributed by atoms with van der Waals surface area (Å²) in [4.78, 5) is 1.99. The first-order valence-corrected chi connectivity index (χ1v) is 16.0. The predicted molar refractivity (Wildman–Crippen MR) is 130 cm³/mol. The van der Waals surface area contributed by atoms with Gasteiger partial charge in [-0.3, -0.25) is 0 Å². The Hall–Kier alpha value is -1.34. The molecule has 0 aromatic heterocycles. The molecule has 0 radical (unpaired) electrons. The van der Waals surface area contributed by atoms with Crippen LogP contribution in [0.5, 0.6) is 0 Å². The fourth-order valence-corrected chi connectivity index (χ4v) is 8.14. The molecule has 0 unspecified atom stereocenters. The van der Waals surface area contributed by atoms with E-state index in [1.165, 1.54) is 18.2 Å². The van der Waals surface area contributed by atoms with Crippen LogP contribution >= 0.6 is 34.8 Å². The Morgan fingerprint density at radius 2 is 1.54 bits per heavy atom. The van der Waals surface area contributed by atoms with E-state index in [-0.39, 0.29) is 15.8 Å². The van der Waals surface area contributed by atoms with Gasteiger partial charge in [0.2, 0.25) is 10.0 Å². The summed E-state index contributed by atoms with van der Waals surface area (Å²) in [5, 5.41) is -2.07. The van der Waals surface area contributed by atoms with E-state index in [0.29, 0.717) is 12.5 Å². The van der Waals surface area contributed by atoms with Gasteiger partial charge in [-0.05, 0) is 29.1 Å². The maximum atomic E-state index is 13.4. The summed E-state index contributed by atoms with van der Waals surface area (Å²) in [5.74, 6) is -0.537. The largest absolute Gasteiger partial charge is 0.316 e. The minimum absolute atomic E-state index is 0.135. The number of nitrogens with one attached hydrogen (secondary N) is 2. The second kappa shape index (κ2) is 11.8. The molecule has 0 aliphatic rings. The van der Waals surface area contributed by atoms with Crippen LogP contribution in [0.2, 0.25) is 15.1 Å². The van der Waals surface area contributed by atoms with Crippen molar-refractivity contribution < 1.29 is 33.7 Å². The van der Waals surface area contributed by atoms with Gasteiger partial charge in [0.15, 0.2) is 0 Å². The summed E-state index contributed by atoms with van der Waals surface area (Å²) in [6, 6.07) is 7.14. The molecule has 35 heavy (non-hydrogen) atoms. The molecule has 0 heterocycles. The van der Waals surface area contributed by atoms with Crippen LogP contribution in [0.1, 0.15) is 19.8 Å². The standard InChI is InChI=1S/C16H17Cl3N4O8S4/c1-2-3-9-33(26,27)21-23(22-34(28,29)11-7-5-4-6-8-11)35(30,31)13-10-12(17)16(20-32(24)25)15(19)14(13)18/h4-8,10,21-22H,2-3,9H2,1H3. The molecular weight excluding hydrogens is 611 g/mol. The molecular formula is C16H17Cl3N4O8S4. The zero-order chi connectivity index (χ0) is 26.6. The third kappa shape index (κ3) is 7.58. The highest BCUT2D eigenvalue weighted by Crippen LogP contribution is 2.42. The van der Waals surface area contributed by atoms with Crippen LogP contribution in [0.25, 0.3) is 0 Å². The van der Waals surface area contributed by atoms with E-state index in [4.69, 9.17) is 34.8 Å². The Balaban J connectivity index is 2.70. The van der Waals surface area contributed by atoms with Crippen LogP contribution in [0, 0.1) is 0 Å². The maximum Gasteiger partial charge on any atom is 0.316 e. The van der Waals surface area contributed by atoms with E-state index >= 15 is 0 Å². The normalized spacial score (nSPS) is 12.6. The van der Waals surface area contributed by atoms with Crippen LogP contribution in [-0.2, 0) is 40.6 Å². The highest BCUT2D eigenvalue weighted by molar-refractivity contribution is 7.93. The van der Waals surface area contributed by atoms with Crippen molar-refractivity contribution in [2.45, 2.75) is 29.6 Å². The summed E-state index contributed by atoms with van der Waals surface area (Å²) in [7, 11) is -17.2. The first-order chi connectivity index (χ1) is 16.1. The molecule has 0 saturated heterocycles. The average molecular weight is 628 g/mol. The minimum atomic E-state index is -5.17. The topological polar surface area (TPSA) is 176 Å². The number of halogens is 3. The van der Waals surface area contributed by atoms with Crippen molar-refractivity contribution in [3.63, 3.8) is 0 Å². The second-order valence-electron chi connectivity index (χ2n) is 6.58. The second-order valence-corrected chi connectivity index (χ2v) is 13.6. The molecule has 2 aromatic carbocycles. The van der Waals surface area contributed by atoms with Gasteiger partial charge in [-0.1, -0.05) is 66.3 Å². The molecule has 2 rings (SSSR count). The lowest BCUT2D eigenvalue weighted by atomic mass is 10.3. The van der Waals surface area contributed by atoms with Crippen LogP contribution in [0.15, 0.2) is 50.6 Å². The minimum Gasteiger partial charge on any atom is -0.211 e. The molecule has 0 bridgehead atoms. The molecule has 0 spiro atoms. The van der Waals surface area contributed by atoms with Crippen molar-refractivity contribution in [3.8, 4) is 0 Å². The lowest BCUT2D eigenvalue weighted by molar-refractivity contribution is 0.343. The fraction of sp³-hybridized carbons (Fsp3) is 0.250. The Bertz CT molecular complexity index is 1560. The van der Waals surface area contributed by atoms with Crippen LogP contribution in [0.3, 0.4) is 0 Å². The van der Waals surface area contributed by atoms with E-state index in [0.717, 1.165) is 12.1 Å². The predicted octanol–water partition coefficient (Wildman–Crippen LogP) is 2.86. The van der Waals surface area contributed by atoms with Gasteiger partial charge in [-0.25, -0.2) is 25.3 Å². The van der Waals surface area contributed by atoms with Crippen LogP contribution in [-0.4, -0.2) is 43.9 Å². The highest BCUT2D eigenvalue weighted by atomic mass is 35.5. The quantitative estimate of drug-likeness (QED) is 0.282. The van der Waals surface area contributed by atoms with E-state index in [1.807, 2.05) is 0 Å². The summed E-state index contributed by atoms with van der Waals surface area (Å²) in [6.07, 6.45) is 0.572. The molecule has 0 atom stereocenters. The van der Waals surface area contributed by atoms with Gasteiger partial charge in [0.1, 0.15) is 10.6 Å². The molecule has 0 aliphatic carbocycles. The Kier molecular flexibility index (Phi) is 10.1. The van der Waals surface area contributed by atoms with Crippen LogP contribution in [0.4, 0.5) is 5.69 Å².